The highest BCUT2D eigenvalue weighted by atomic mass is 79.9. The molecular formula is C13H21BrO2. The van der Waals surface area contributed by atoms with E-state index in [9.17, 15) is 4.79 Å². The number of hydrogen-bond acceptors (Lipinski definition) is 2. The number of rotatable bonds is 2. The van der Waals surface area contributed by atoms with Gasteiger partial charge >= 0.3 is 5.97 Å². The Bertz CT molecular complexity index is 311. The van der Waals surface area contributed by atoms with Crippen molar-refractivity contribution in [1.82, 2.24) is 0 Å². The Labute approximate surface area is 106 Å². The average Bonchev–Trinajstić information content (AvgIpc) is 2.50. The van der Waals surface area contributed by atoms with Crippen LogP contribution in [0, 0.1) is 16.7 Å². The maximum Gasteiger partial charge on any atom is 0.319 e. The lowest BCUT2D eigenvalue weighted by molar-refractivity contribution is -0.155. The number of carbonyl (C=O) groups is 1. The van der Waals surface area contributed by atoms with Crippen molar-refractivity contribution in [3.8, 4) is 0 Å². The maximum atomic E-state index is 11.7. The van der Waals surface area contributed by atoms with E-state index in [-0.39, 0.29) is 22.3 Å². The number of hydrogen-bond donors (Lipinski definition) is 0. The Balaban J connectivity index is 2.13. The monoisotopic (exact) mass is 288 g/mol. The fourth-order valence-corrected chi connectivity index (χ4v) is 3.65. The Morgan fingerprint density at radius 2 is 2.06 bits per heavy atom. The van der Waals surface area contributed by atoms with Crippen molar-refractivity contribution in [1.29, 1.82) is 0 Å². The summed E-state index contributed by atoms with van der Waals surface area (Å²) in [4.78, 5) is 11.5. The molecule has 0 N–H and O–H groups in total. The lowest BCUT2D eigenvalue weighted by Gasteiger charge is -2.38. The lowest BCUT2D eigenvalue weighted by Crippen LogP contribution is -2.39. The first-order valence-electron chi connectivity index (χ1n) is 6.13. The highest BCUT2D eigenvalue weighted by Crippen LogP contribution is 2.66. The Morgan fingerprint density at radius 1 is 1.44 bits per heavy atom. The number of halogens is 1. The smallest absolute Gasteiger partial charge is 0.319 e. The van der Waals surface area contributed by atoms with E-state index in [4.69, 9.17) is 4.74 Å². The molecule has 2 bridgehead atoms. The van der Waals surface area contributed by atoms with Gasteiger partial charge in [-0.3, -0.25) is 4.79 Å². The summed E-state index contributed by atoms with van der Waals surface area (Å²) >= 11 is 3.27. The van der Waals surface area contributed by atoms with Crippen LogP contribution in [-0.2, 0) is 9.53 Å². The number of carbonyl (C=O) groups excluding carboxylic acids is 1. The van der Waals surface area contributed by atoms with E-state index >= 15 is 0 Å². The summed E-state index contributed by atoms with van der Waals surface area (Å²) in [5.41, 5.74) is 0.489. The summed E-state index contributed by atoms with van der Waals surface area (Å²) in [5.74, 6) is 0.607. The van der Waals surface area contributed by atoms with Crippen LogP contribution in [0.5, 0.6) is 0 Å². The molecule has 0 aromatic heterocycles. The predicted molar refractivity (Wildman–Crippen MR) is 67.5 cm³/mol. The summed E-state index contributed by atoms with van der Waals surface area (Å²) in [5, 5.41) is 0. The van der Waals surface area contributed by atoms with Gasteiger partial charge in [-0.15, -0.1) is 0 Å². The molecule has 0 aliphatic heterocycles. The number of ether oxygens (including phenoxy) is 1. The molecule has 2 aliphatic carbocycles. The highest BCUT2D eigenvalue weighted by molar-refractivity contribution is 9.10. The van der Waals surface area contributed by atoms with Gasteiger partial charge in [0.25, 0.3) is 0 Å². The van der Waals surface area contributed by atoms with Crippen molar-refractivity contribution in [3.05, 3.63) is 0 Å². The number of esters is 1. The highest BCUT2D eigenvalue weighted by Gasteiger charge is 2.62. The molecular weight excluding hydrogens is 268 g/mol. The first-order valence-corrected chi connectivity index (χ1v) is 7.05. The van der Waals surface area contributed by atoms with Crippen LogP contribution in [0.15, 0.2) is 0 Å². The first-order chi connectivity index (χ1) is 7.29. The van der Waals surface area contributed by atoms with Gasteiger partial charge in [-0.2, -0.15) is 0 Å². The largest absolute Gasteiger partial charge is 0.461 e. The second-order valence-electron chi connectivity index (χ2n) is 6.15. The van der Waals surface area contributed by atoms with Gasteiger partial charge in [0.05, 0.1) is 0 Å². The van der Waals surface area contributed by atoms with Crippen LogP contribution >= 0.6 is 15.9 Å². The van der Waals surface area contributed by atoms with Crippen LogP contribution in [0.4, 0.5) is 0 Å². The Morgan fingerprint density at radius 3 is 2.44 bits per heavy atom. The van der Waals surface area contributed by atoms with E-state index in [0.29, 0.717) is 5.41 Å². The molecule has 0 unspecified atom stereocenters. The molecule has 0 aromatic carbocycles. The van der Waals surface area contributed by atoms with Crippen molar-refractivity contribution in [2.45, 2.75) is 57.9 Å². The van der Waals surface area contributed by atoms with Gasteiger partial charge in [-0.1, -0.05) is 36.7 Å². The zero-order chi connectivity index (χ0) is 12.1. The molecule has 2 fully saturated rings. The van der Waals surface area contributed by atoms with Gasteiger partial charge in [0.15, 0.2) is 0 Å². The van der Waals surface area contributed by atoms with Crippen molar-refractivity contribution >= 4 is 21.9 Å². The molecule has 0 radical (unpaired) electrons. The van der Waals surface area contributed by atoms with Gasteiger partial charge in [-0.25, -0.2) is 0 Å². The minimum absolute atomic E-state index is 0.116. The maximum absolute atomic E-state index is 11.7. The Hall–Kier alpha value is -0.0500. The number of alkyl halides is 1. The molecule has 16 heavy (non-hydrogen) atoms. The second-order valence-corrected chi connectivity index (χ2v) is 7.53. The molecule has 0 spiro atoms. The van der Waals surface area contributed by atoms with E-state index in [0.717, 1.165) is 12.3 Å². The molecule has 92 valence electrons. The molecule has 2 nitrogen and oxygen atoms in total. The standard InChI is InChI=1S/C13H21BrO2/c1-8(14)11(15)16-10-7-9-5-6-13(10,4)12(9,2)3/h8-10H,5-7H2,1-4H3/t8-,9+,10-,13+/m1/s1. The van der Waals surface area contributed by atoms with E-state index in [1.165, 1.54) is 12.8 Å². The van der Waals surface area contributed by atoms with E-state index < -0.39 is 0 Å². The summed E-state index contributed by atoms with van der Waals surface area (Å²) in [6.07, 6.45) is 3.66. The van der Waals surface area contributed by atoms with Crippen molar-refractivity contribution in [3.63, 3.8) is 0 Å². The van der Waals surface area contributed by atoms with Crippen LogP contribution < -0.4 is 0 Å². The fraction of sp³-hybridized carbons (Fsp3) is 0.923. The third-order valence-electron chi connectivity index (χ3n) is 5.30. The minimum Gasteiger partial charge on any atom is -0.461 e. The van der Waals surface area contributed by atoms with Gasteiger partial charge in [0.2, 0.25) is 0 Å². The summed E-state index contributed by atoms with van der Waals surface area (Å²) in [7, 11) is 0. The molecule has 0 aromatic rings. The van der Waals surface area contributed by atoms with Gasteiger partial charge in [0, 0.05) is 5.41 Å². The zero-order valence-electron chi connectivity index (χ0n) is 10.5. The summed E-state index contributed by atoms with van der Waals surface area (Å²) in [6, 6.07) is 0. The molecule has 2 rings (SSSR count). The van der Waals surface area contributed by atoms with Crippen LogP contribution in [0.1, 0.15) is 47.0 Å². The summed E-state index contributed by atoms with van der Waals surface area (Å²) < 4.78 is 5.66. The van der Waals surface area contributed by atoms with Crippen molar-refractivity contribution in [2.24, 2.45) is 16.7 Å². The quantitative estimate of drug-likeness (QED) is 0.574. The van der Waals surface area contributed by atoms with Crippen LogP contribution in [0.3, 0.4) is 0 Å². The topological polar surface area (TPSA) is 26.3 Å². The summed E-state index contributed by atoms with van der Waals surface area (Å²) in [6.45, 7) is 8.77. The van der Waals surface area contributed by atoms with E-state index in [1.54, 1.807) is 0 Å². The normalized spacial score (nSPS) is 42.1. The molecule has 4 atom stereocenters. The van der Waals surface area contributed by atoms with Gasteiger partial charge in [0.1, 0.15) is 10.9 Å². The van der Waals surface area contributed by atoms with Crippen molar-refractivity contribution in [2.75, 3.05) is 0 Å². The van der Waals surface area contributed by atoms with Crippen LogP contribution in [-0.4, -0.2) is 16.9 Å². The molecule has 3 heteroatoms. The third-order valence-corrected chi connectivity index (χ3v) is 5.67. The second kappa shape index (κ2) is 3.72. The van der Waals surface area contributed by atoms with Crippen molar-refractivity contribution < 1.29 is 9.53 Å². The lowest BCUT2D eigenvalue weighted by atomic mass is 9.70. The molecule has 0 amide bonds. The van der Waals surface area contributed by atoms with E-state index in [1.807, 2.05) is 6.92 Å². The van der Waals surface area contributed by atoms with Gasteiger partial charge in [-0.05, 0) is 37.5 Å². The van der Waals surface area contributed by atoms with Crippen LogP contribution in [0.25, 0.3) is 0 Å². The third kappa shape index (κ3) is 1.54. The Kier molecular flexibility index (Phi) is 2.89. The SMILES string of the molecule is C[C@@H](Br)C(=O)O[C@@H]1C[C@@H]2CC[C@]1(C)C2(C)C. The van der Waals surface area contributed by atoms with Gasteiger partial charge < -0.3 is 4.74 Å². The van der Waals surface area contributed by atoms with E-state index in [2.05, 4.69) is 36.7 Å². The zero-order valence-corrected chi connectivity index (χ0v) is 12.1. The van der Waals surface area contributed by atoms with Crippen LogP contribution in [0.2, 0.25) is 0 Å². The predicted octanol–water partition coefficient (Wildman–Crippen LogP) is 3.53. The number of fused-ring (bicyclic) bond motifs is 2. The minimum atomic E-state index is -0.196. The molecule has 2 saturated carbocycles. The first kappa shape index (κ1) is 12.4. The average molecular weight is 289 g/mol. The fourth-order valence-electron chi connectivity index (χ4n) is 3.54. The molecule has 0 saturated heterocycles. The molecule has 0 heterocycles. The molecule has 2 aliphatic rings.